The van der Waals surface area contributed by atoms with Crippen LogP contribution in [0.2, 0.25) is 0 Å². The summed E-state index contributed by atoms with van der Waals surface area (Å²) in [6.45, 7) is 5.61. The molecule has 0 aromatic rings. The highest BCUT2D eigenvalue weighted by Crippen LogP contribution is 2.28. The molecule has 2 heteroatoms. The van der Waals surface area contributed by atoms with Crippen LogP contribution in [0.3, 0.4) is 0 Å². The monoisotopic (exact) mass is 142 g/mol. The van der Waals surface area contributed by atoms with Gasteiger partial charge in [0.1, 0.15) is 0 Å². The van der Waals surface area contributed by atoms with E-state index in [2.05, 4.69) is 25.8 Å². The van der Waals surface area contributed by atoms with E-state index in [0.717, 1.165) is 5.92 Å². The third-order valence-electron chi connectivity index (χ3n) is 2.38. The van der Waals surface area contributed by atoms with Gasteiger partial charge in [-0.2, -0.15) is 0 Å². The molecule has 2 unspecified atom stereocenters. The van der Waals surface area contributed by atoms with Gasteiger partial charge in [-0.25, -0.2) is 0 Å². The fraction of sp³-hybridized carbons (Fsp3) is 1.00. The molecule has 0 aromatic heterocycles. The van der Waals surface area contributed by atoms with Crippen molar-refractivity contribution in [2.45, 2.75) is 32.4 Å². The maximum absolute atomic E-state index is 5.69. The van der Waals surface area contributed by atoms with Crippen LogP contribution < -0.4 is 5.73 Å². The molecule has 0 bridgehead atoms. The third-order valence-corrected chi connectivity index (χ3v) is 2.38. The molecule has 10 heavy (non-hydrogen) atoms. The van der Waals surface area contributed by atoms with Gasteiger partial charge in [-0.3, -0.25) is 0 Å². The van der Waals surface area contributed by atoms with E-state index >= 15 is 0 Å². The van der Waals surface area contributed by atoms with Crippen LogP contribution in [0.1, 0.15) is 20.3 Å². The maximum atomic E-state index is 5.69. The average Bonchev–Trinajstić information content (AvgIpc) is 2.46. The topological polar surface area (TPSA) is 29.3 Å². The first-order chi connectivity index (χ1) is 4.61. The zero-order valence-corrected chi connectivity index (χ0v) is 7.17. The second kappa shape index (κ2) is 2.89. The molecule has 1 fully saturated rings. The lowest BCUT2D eigenvalue weighted by molar-refractivity contribution is 0.261. The molecule has 0 amide bonds. The van der Waals surface area contributed by atoms with Gasteiger partial charge in [-0.1, -0.05) is 0 Å². The van der Waals surface area contributed by atoms with Gasteiger partial charge in [0.15, 0.2) is 0 Å². The standard InChI is InChI=1S/C8H18N2/c1-6(2)10(3)5-7-4-8(7)9/h6-8H,4-5,9H2,1-3H3. The quantitative estimate of drug-likeness (QED) is 0.627. The maximum Gasteiger partial charge on any atom is 0.00836 e. The molecule has 0 aromatic carbocycles. The van der Waals surface area contributed by atoms with Crippen LogP contribution in [0.5, 0.6) is 0 Å². The summed E-state index contributed by atoms with van der Waals surface area (Å²) in [5, 5.41) is 0. The van der Waals surface area contributed by atoms with Crippen molar-refractivity contribution in [1.29, 1.82) is 0 Å². The summed E-state index contributed by atoms with van der Waals surface area (Å²) >= 11 is 0. The van der Waals surface area contributed by atoms with Gasteiger partial charge in [0, 0.05) is 18.6 Å². The Kier molecular flexibility index (Phi) is 2.32. The predicted molar refractivity (Wildman–Crippen MR) is 43.8 cm³/mol. The van der Waals surface area contributed by atoms with Gasteiger partial charge >= 0.3 is 0 Å². The number of nitrogens with zero attached hydrogens (tertiary/aromatic N) is 1. The van der Waals surface area contributed by atoms with Gasteiger partial charge in [0.2, 0.25) is 0 Å². The Balaban J connectivity index is 2.13. The van der Waals surface area contributed by atoms with Crippen LogP contribution in [-0.2, 0) is 0 Å². The molecule has 1 aliphatic carbocycles. The van der Waals surface area contributed by atoms with Crippen molar-refractivity contribution in [3.05, 3.63) is 0 Å². The van der Waals surface area contributed by atoms with Crippen molar-refractivity contribution in [3.63, 3.8) is 0 Å². The van der Waals surface area contributed by atoms with E-state index in [0.29, 0.717) is 12.1 Å². The molecule has 1 saturated carbocycles. The Labute approximate surface area is 63.4 Å². The minimum absolute atomic E-state index is 0.501. The first kappa shape index (κ1) is 8.02. The van der Waals surface area contributed by atoms with E-state index < -0.39 is 0 Å². The normalized spacial score (nSPS) is 31.8. The van der Waals surface area contributed by atoms with Crippen LogP contribution in [0, 0.1) is 5.92 Å². The molecular formula is C8H18N2. The third kappa shape index (κ3) is 1.96. The Morgan fingerprint density at radius 3 is 2.40 bits per heavy atom. The van der Waals surface area contributed by atoms with E-state index in [1.54, 1.807) is 0 Å². The Bertz CT molecular complexity index is 112. The van der Waals surface area contributed by atoms with Gasteiger partial charge in [0.25, 0.3) is 0 Å². The van der Waals surface area contributed by atoms with Crippen molar-refractivity contribution in [2.24, 2.45) is 11.7 Å². The van der Waals surface area contributed by atoms with Crippen LogP contribution in [0.15, 0.2) is 0 Å². The fourth-order valence-electron chi connectivity index (χ4n) is 1.06. The molecule has 0 radical (unpaired) electrons. The second-order valence-electron chi connectivity index (χ2n) is 3.69. The van der Waals surface area contributed by atoms with Crippen molar-refractivity contribution in [1.82, 2.24) is 4.90 Å². The Morgan fingerprint density at radius 1 is 1.60 bits per heavy atom. The summed E-state index contributed by atoms with van der Waals surface area (Å²) in [7, 11) is 2.16. The highest BCUT2D eigenvalue weighted by atomic mass is 15.1. The summed E-state index contributed by atoms with van der Waals surface area (Å²) in [5.74, 6) is 0.785. The molecule has 2 atom stereocenters. The van der Waals surface area contributed by atoms with E-state index in [-0.39, 0.29) is 0 Å². The van der Waals surface area contributed by atoms with E-state index in [1.807, 2.05) is 0 Å². The van der Waals surface area contributed by atoms with Crippen LogP contribution >= 0.6 is 0 Å². The van der Waals surface area contributed by atoms with Gasteiger partial charge in [-0.05, 0) is 33.2 Å². The zero-order chi connectivity index (χ0) is 7.72. The Hall–Kier alpha value is -0.0800. The first-order valence-electron chi connectivity index (χ1n) is 4.07. The number of nitrogens with two attached hydrogens (primary N) is 1. The first-order valence-corrected chi connectivity index (χ1v) is 4.07. The van der Waals surface area contributed by atoms with Crippen LogP contribution in [-0.4, -0.2) is 30.6 Å². The van der Waals surface area contributed by atoms with Crippen molar-refractivity contribution >= 4 is 0 Å². The molecule has 1 rings (SSSR count). The van der Waals surface area contributed by atoms with E-state index in [9.17, 15) is 0 Å². The summed E-state index contributed by atoms with van der Waals surface area (Å²) < 4.78 is 0. The lowest BCUT2D eigenvalue weighted by Crippen LogP contribution is -2.29. The molecule has 0 aliphatic heterocycles. The zero-order valence-electron chi connectivity index (χ0n) is 7.17. The molecule has 0 heterocycles. The van der Waals surface area contributed by atoms with Gasteiger partial charge in [-0.15, -0.1) is 0 Å². The number of rotatable bonds is 3. The number of hydrogen-bond donors (Lipinski definition) is 1. The molecule has 0 spiro atoms. The number of hydrogen-bond acceptors (Lipinski definition) is 2. The smallest absolute Gasteiger partial charge is 0.00836 e. The predicted octanol–water partition coefficient (Wildman–Crippen LogP) is 0.674. The molecular weight excluding hydrogens is 124 g/mol. The largest absolute Gasteiger partial charge is 0.327 e. The van der Waals surface area contributed by atoms with Crippen molar-refractivity contribution in [2.75, 3.05) is 13.6 Å². The minimum atomic E-state index is 0.501. The van der Waals surface area contributed by atoms with Crippen molar-refractivity contribution < 1.29 is 0 Å². The summed E-state index contributed by atoms with van der Waals surface area (Å²) in [6, 6.07) is 1.16. The summed E-state index contributed by atoms with van der Waals surface area (Å²) in [6.07, 6.45) is 1.23. The van der Waals surface area contributed by atoms with E-state index in [1.165, 1.54) is 13.0 Å². The Morgan fingerprint density at radius 2 is 2.10 bits per heavy atom. The average molecular weight is 142 g/mol. The summed E-state index contributed by atoms with van der Waals surface area (Å²) in [5.41, 5.74) is 5.69. The van der Waals surface area contributed by atoms with E-state index in [4.69, 9.17) is 5.73 Å². The van der Waals surface area contributed by atoms with Gasteiger partial charge < -0.3 is 10.6 Å². The molecule has 0 saturated heterocycles. The van der Waals surface area contributed by atoms with Crippen LogP contribution in [0.4, 0.5) is 0 Å². The highest BCUT2D eigenvalue weighted by Gasteiger charge is 2.34. The molecule has 2 nitrogen and oxygen atoms in total. The molecule has 60 valence electrons. The highest BCUT2D eigenvalue weighted by molar-refractivity contribution is 4.91. The summed E-state index contributed by atoms with van der Waals surface area (Å²) in [4.78, 5) is 2.36. The fourth-order valence-corrected chi connectivity index (χ4v) is 1.06. The lowest BCUT2D eigenvalue weighted by atomic mass is 10.3. The molecule has 2 N–H and O–H groups in total. The minimum Gasteiger partial charge on any atom is -0.327 e. The van der Waals surface area contributed by atoms with Gasteiger partial charge in [0.05, 0.1) is 0 Å². The SMILES string of the molecule is CC(C)N(C)CC1CC1N. The lowest BCUT2D eigenvalue weighted by Gasteiger charge is -2.20. The second-order valence-corrected chi connectivity index (χ2v) is 3.69. The van der Waals surface area contributed by atoms with Crippen LogP contribution in [0.25, 0.3) is 0 Å². The molecule has 1 aliphatic rings. The van der Waals surface area contributed by atoms with Crippen molar-refractivity contribution in [3.8, 4) is 0 Å².